The van der Waals surface area contributed by atoms with Gasteiger partial charge in [-0.15, -0.1) is 23.1 Å². The topological polar surface area (TPSA) is 88.9 Å². The highest BCUT2D eigenvalue weighted by molar-refractivity contribution is 8.00. The number of aryl methyl sites for hydroxylation is 1. The Balaban J connectivity index is 1.56. The maximum atomic E-state index is 13.4. The van der Waals surface area contributed by atoms with Crippen molar-refractivity contribution < 1.29 is 9.59 Å². The Labute approximate surface area is 193 Å². The van der Waals surface area contributed by atoms with Crippen LogP contribution in [0.2, 0.25) is 0 Å². The van der Waals surface area contributed by atoms with Crippen molar-refractivity contribution in [2.75, 3.05) is 16.4 Å². The average molecular weight is 464 g/mol. The van der Waals surface area contributed by atoms with Gasteiger partial charge in [-0.05, 0) is 57.2 Å². The van der Waals surface area contributed by atoms with Crippen LogP contribution in [-0.4, -0.2) is 32.3 Å². The molecule has 0 unspecified atom stereocenters. The van der Waals surface area contributed by atoms with Gasteiger partial charge in [0.05, 0.1) is 39.2 Å². The molecule has 0 fully saturated rings. The average Bonchev–Trinajstić information content (AvgIpc) is 3.39. The Hall–Kier alpha value is -3.17. The Morgan fingerprint density at radius 3 is 2.81 bits per heavy atom. The van der Waals surface area contributed by atoms with Crippen LogP contribution in [0, 0.1) is 6.92 Å². The summed E-state index contributed by atoms with van der Waals surface area (Å²) in [6, 6.07) is 11.6. The quantitative estimate of drug-likeness (QED) is 0.426. The zero-order chi connectivity index (χ0) is 22.4. The third-order valence-electron chi connectivity index (χ3n) is 5.16. The van der Waals surface area contributed by atoms with Gasteiger partial charge in [0, 0.05) is 21.5 Å². The third-order valence-corrected chi connectivity index (χ3v) is 7.26. The number of rotatable bonds is 4. The van der Waals surface area contributed by atoms with E-state index in [0.29, 0.717) is 33.7 Å². The molecule has 0 saturated heterocycles. The van der Waals surface area contributed by atoms with Crippen LogP contribution in [0.1, 0.15) is 35.1 Å². The molecule has 0 saturated carbocycles. The molecule has 162 valence electrons. The number of carbonyl (C=O) groups excluding carboxylic acids is 2. The highest BCUT2D eigenvalue weighted by Crippen LogP contribution is 2.34. The van der Waals surface area contributed by atoms with Crippen LogP contribution < -0.4 is 10.6 Å². The first kappa shape index (κ1) is 20.7. The van der Waals surface area contributed by atoms with Crippen LogP contribution >= 0.6 is 23.1 Å². The largest absolute Gasteiger partial charge is 0.324 e. The number of hydrogen-bond acceptors (Lipinski definition) is 6. The van der Waals surface area contributed by atoms with E-state index in [1.807, 2.05) is 55.8 Å². The van der Waals surface area contributed by atoms with Crippen molar-refractivity contribution in [3.63, 3.8) is 0 Å². The Morgan fingerprint density at radius 1 is 1.22 bits per heavy atom. The second kappa shape index (κ2) is 8.07. The van der Waals surface area contributed by atoms with Crippen molar-refractivity contribution in [3.8, 4) is 10.6 Å². The van der Waals surface area contributed by atoms with E-state index < -0.39 is 0 Å². The van der Waals surface area contributed by atoms with Crippen LogP contribution in [-0.2, 0) is 4.79 Å². The molecule has 1 aromatic carbocycles. The molecular formula is C23H21N5O2S2. The maximum Gasteiger partial charge on any atom is 0.256 e. The second-order valence-electron chi connectivity index (χ2n) is 7.89. The molecular weight excluding hydrogens is 442 g/mol. The van der Waals surface area contributed by atoms with Crippen molar-refractivity contribution in [2.45, 2.75) is 31.7 Å². The molecule has 4 heterocycles. The molecule has 9 heteroatoms. The number of amides is 2. The van der Waals surface area contributed by atoms with Crippen LogP contribution in [0.25, 0.3) is 21.6 Å². The van der Waals surface area contributed by atoms with Gasteiger partial charge in [-0.2, -0.15) is 5.10 Å². The number of thiophene rings is 1. The monoisotopic (exact) mass is 463 g/mol. The smallest absolute Gasteiger partial charge is 0.256 e. The van der Waals surface area contributed by atoms with Crippen LogP contribution in [0.5, 0.6) is 0 Å². The molecule has 0 bridgehead atoms. The minimum atomic E-state index is -0.245. The Kier molecular flexibility index (Phi) is 5.22. The molecule has 0 radical (unpaired) electrons. The van der Waals surface area contributed by atoms with E-state index in [1.165, 1.54) is 16.6 Å². The fourth-order valence-electron chi connectivity index (χ4n) is 3.64. The van der Waals surface area contributed by atoms with E-state index in [1.54, 1.807) is 23.6 Å². The van der Waals surface area contributed by atoms with Gasteiger partial charge in [0.25, 0.3) is 5.91 Å². The molecule has 0 atom stereocenters. The zero-order valence-electron chi connectivity index (χ0n) is 17.8. The van der Waals surface area contributed by atoms with Gasteiger partial charge in [0.2, 0.25) is 5.91 Å². The van der Waals surface area contributed by atoms with Gasteiger partial charge in [-0.25, -0.2) is 9.67 Å². The fraction of sp³-hybridized carbons (Fsp3) is 0.217. The minimum Gasteiger partial charge on any atom is -0.324 e. The van der Waals surface area contributed by atoms with Gasteiger partial charge in [0.1, 0.15) is 0 Å². The van der Waals surface area contributed by atoms with Gasteiger partial charge < -0.3 is 10.6 Å². The van der Waals surface area contributed by atoms with E-state index >= 15 is 0 Å². The number of nitrogens with zero attached hydrogens (tertiary/aromatic N) is 3. The number of benzene rings is 1. The lowest BCUT2D eigenvalue weighted by atomic mass is 10.1. The summed E-state index contributed by atoms with van der Waals surface area (Å²) < 4.78 is 1.84. The normalized spacial score (nSPS) is 13.3. The number of nitrogens with one attached hydrogen (secondary N) is 2. The molecule has 2 amide bonds. The first-order valence-electron chi connectivity index (χ1n) is 10.2. The fourth-order valence-corrected chi connectivity index (χ4v) is 5.26. The first-order chi connectivity index (χ1) is 15.4. The summed E-state index contributed by atoms with van der Waals surface area (Å²) >= 11 is 3.13. The molecule has 2 N–H and O–H groups in total. The standard InChI is InChI=1S/C23H21N5O2S2/c1-12(2)28-22-16(10-24-28)15(9-18(27-22)20-6-4-13(3)32-20)23(30)25-14-5-7-19-17(8-14)26-21(29)11-31-19/h4-10,12H,11H2,1-3H3,(H,25,30)(H,26,29). The van der Waals surface area contributed by atoms with E-state index in [0.717, 1.165) is 15.5 Å². The number of hydrogen-bond donors (Lipinski definition) is 2. The number of anilines is 2. The lowest BCUT2D eigenvalue weighted by Crippen LogP contribution is -2.19. The van der Waals surface area contributed by atoms with Crippen molar-refractivity contribution in [1.82, 2.24) is 14.8 Å². The second-order valence-corrected chi connectivity index (χ2v) is 10.2. The highest BCUT2D eigenvalue weighted by Gasteiger charge is 2.20. The van der Waals surface area contributed by atoms with E-state index in [4.69, 9.17) is 4.98 Å². The van der Waals surface area contributed by atoms with Crippen molar-refractivity contribution in [3.05, 3.63) is 53.0 Å². The molecule has 3 aromatic heterocycles. The van der Waals surface area contributed by atoms with E-state index in [-0.39, 0.29) is 17.9 Å². The van der Waals surface area contributed by atoms with E-state index in [9.17, 15) is 9.59 Å². The number of aromatic nitrogens is 3. The SMILES string of the molecule is Cc1ccc(-c2cc(C(=O)Nc3ccc4c(c3)NC(=O)CS4)c3cnn(C(C)C)c3n2)s1. The van der Waals surface area contributed by atoms with Gasteiger partial charge in [-0.3, -0.25) is 9.59 Å². The summed E-state index contributed by atoms with van der Waals surface area (Å²) in [5, 5.41) is 11.0. The molecule has 5 rings (SSSR count). The third kappa shape index (κ3) is 3.78. The van der Waals surface area contributed by atoms with Crippen molar-refractivity contribution >= 4 is 57.3 Å². The maximum absolute atomic E-state index is 13.4. The number of thioether (sulfide) groups is 1. The predicted molar refractivity (Wildman–Crippen MR) is 130 cm³/mol. The lowest BCUT2D eigenvalue weighted by Gasteiger charge is -2.17. The van der Waals surface area contributed by atoms with Gasteiger partial charge in [-0.1, -0.05) is 0 Å². The summed E-state index contributed by atoms with van der Waals surface area (Å²) in [7, 11) is 0. The van der Waals surface area contributed by atoms with Crippen LogP contribution in [0.4, 0.5) is 11.4 Å². The van der Waals surface area contributed by atoms with Crippen molar-refractivity contribution in [2.24, 2.45) is 0 Å². The van der Waals surface area contributed by atoms with Crippen LogP contribution in [0.3, 0.4) is 0 Å². The van der Waals surface area contributed by atoms with Crippen LogP contribution in [0.15, 0.2) is 47.5 Å². The van der Waals surface area contributed by atoms with E-state index in [2.05, 4.69) is 15.7 Å². The molecule has 7 nitrogen and oxygen atoms in total. The first-order valence-corrected chi connectivity index (χ1v) is 12.0. The zero-order valence-corrected chi connectivity index (χ0v) is 19.4. The molecule has 0 aliphatic carbocycles. The molecule has 32 heavy (non-hydrogen) atoms. The number of pyridine rings is 1. The summed E-state index contributed by atoms with van der Waals surface area (Å²) in [6.07, 6.45) is 1.70. The number of carbonyl (C=O) groups is 2. The number of fused-ring (bicyclic) bond motifs is 2. The lowest BCUT2D eigenvalue weighted by molar-refractivity contribution is -0.113. The summed E-state index contributed by atoms with van der Waals surface area (Å²) in [6.45, 7) is 6.12. The summed E-state index contributed by atoms with van der Waals surface area (Å²) in [5.41, 5.74) is 3.27. The summed E-state index contributed by atoms with van der Waals surface area (Å²) in [4.78, 5) is 33.1. The molecule has 1 aliphatic rings. The predicted octanol–water partition coefficient (Wildman–Crippen LogP) is 5.35. The highest BCUT2D eigenvalue weighted by atomic mass is 32.2. The molecule has 0 spiro atoms. The van der Waals surface area contributed by atoms with Crippen molar-refractivity contribution in [1.29, 1.82) is 0 Å². The molecule has 4 aromatic rings. The minimum absolute atomic E-state index is 0.0428. The Morgan fingerprint density at radius 2 is 2.06 bits per heavy atom. The van der Waals surface area contributed by atoms with Gasteiger partial charge in [0.15, 0.2) is 5.65 Å². The summed E-state index contributed by atoms with van der Waals surface area (Å²) in [5.74, 6) is 0.113. The Bertz CT molecular complexity index is 1370. The van der Waals surface area contributed by atoms with Gasteiger partial charge >= 0.3 is 0 Å². The molecule has 1 aliphatic heterocycles.